The molecular formula is C10H9Cl2NO2. The van der Waals surface area contributed by atoms with Crippen LogP contribution in [0.5, 0.6) is 0 Å². The van der Waals surface area contributed by atoms with E-state index in [1.807, 2.05) is 0 Å². The van der Waals surface area contributed by atoms with Gasteiger partial charge >= 0.3 is 0 Å². The molecule has 1 saturated heterocycles. The van der Waals surface area contributed by atoms with Crippen molar-refractivity contribution in [1.29, 1.82) is 0 Å². The van der Waals surface area contributed by atoms with Crippen molar-refractivity contribution in [2.75, 3.05) is 13.2 Å². The molecular weight excluding hydrogens is 237 g/mol. The van der Waals surface area contributed by atoms with E-state index in [4.69, 9.17) is 27.9 Å². The molecule has 1 aliphatic rings. The average Bonchev–Trinajstić information content (AvgIpc) is 3.02. The highest BCUT2D eigenvalue weighted by molar-refractivity contribution is 6.42. The van der Waals surface area contributed by atoms with Crippen molar-refractivity contribution in [2.45, 2.75) is 6.10 Å². The number of halogens is 2. The summed E-state index contributed by atoms with van der Waals surface area (Å²) in [5.74, 6) is -0.163. The van der Waals surface area contributed by atoms with Crippen LogP contribution in [0, 0.1) is 0 Å². The molecule has 2 rings (SSSR count). The lowest BCUT2D eigenvalue weighted by Gasteiger charge is -2.04. The highest BCUT2D eigenvalue weighted by Gasteiger charge is 2.22. The molecule has 0 radical (unpaired) electrons. The number of nitrogens with one attached hydrogen (secondary N) is 1. The van der Waals surface area contributed by atoms with Crippen molar-refractivity contribution in [3.63, 3.8) is 0 Å². The Bertz CT molecular complexity index is 391. The lowest BCUT2D eigenvalue weighted by molar-refractivity contribution is 0.0950. The molecule has 0 aliphatic carbocycles. The third kappa shape index (κ3) is 2.84. The predicted octanol–water partition coefficient (Wildman–Crippen LogP) is 2.12. The third-order valence-corrected chi connectivity index (χ3v) is 2.81. The summed E-state index contributed by atoms with van der Waals surface area (Å²) in [6, 6.07) is 4.79. The predicted molar refractivity (Wildman–Crippen MR) is 58.5 cm³/mol. The van der Waals surface area contributed by atoms with Crippen LogP contribution in [0.3, 0.4) is 0 Å². The van der Waals surface area contributed by atoms with Gasteiger partial charge in [-0.1, -0.05) is 23.2 Å². The summed E-state index contributed by atoms with van der Waals surface area (Å²) in [7, 11) is 0. The fourth-order valence-corrected chi connectivity index (χ4v) is 1.43. The largest absolute Gasteiger partial charge is 0.371 e. The first kappa shape index (κ1) is 10.7. The summed E-state index contributed by atoms with van der Waals surface area (Å²) in [5, 5.41) is 3.57. The number of carbonyl (C=O) groups excluding carboxylic acids is 1. The SMILES string of the molecule is O=C(NC[C@@H]1CO1)c1ccc(Cl)c(Cl)c1. The second kappa shape index (κ2) is 4.39. The average molecular weight is 246 g/mol. The van der Waals surface area contributed by atoms with Gasteiger partial charge in [0.25, 0.3) is 5.91 Å². The van der Waals surface area contributed by atoms with Crippen molar-refractivity contribution in [3.05, 3.63) is 33.8 Å². The van der Waals surface area contributed by atoms with E-state index in [9.17, 15) is 4.79 Å². The summed E-state index contributed by atoms with van der Waals surface area (Å²) >= 11 is 11.5. The van der Waals surface area contributed by atoms with Crippen molar-refractivity contribution < 1.29 is 9.53 Å². The van der Waals surface area contributed by atoms with Crippen LogP contribution in [0.15, 0.2) is 18.2 Å². The molecule has 1 fully saturated rings. The number of hydrogen-bond donors (Lipinski definition) is 1. The van der Waals surface area contributed by atoms with Crippen LogP contribution in [0.2, 0.25) is 10.0 Å². The van der Waals surface area contributed by atoms with Crippen molar-refractivity contribution in [2.24, 2.45) is 0 Å². The Hall–Kier alpha value is -0.770. The molecule has 0 spiro atoms. The Morgan fingerprint density at radius 2 is 2.20 bits per heavy atom. The van der Waals surface area contributed by atoms with Gasteiger partial charge in [-0.2, -0.15) is 0 Å². The number of carbonyl (C=O) groups is 1. The minimum Gasteiger partial charge on any atom is -0.371 e. The maximum absolute atomic E-state index is 11.6. The third-order valence-electron chi connectivity index (χ3n) is 2.07. The molecule has 1 heterocycles. The minimum atomic E-state index is -0.163. The van der Waals surface area contributed by atoms with Gasteiger partial charge in [0, 0.05) is 12.1 Å². The van der Waals surface area contributed by atoms with Crippen LogP contribution in [-0.4, -0.2) is 25.2 Å². The quantitative estimate of drug-likeness (QED) is 0.830. The lowest BCUT2D eigenvalue weighted by atomic mass is 10.2. The zero-order chi connectivity index (χ0) is 10.8. The molecule has 1 aromatic rings. The van der Waals surface area contributed by atoms with Gasteiger partial charge in [0.1, 0.15) is 0 Å². The fraction of sp³-hybridized carbons (Fsp3) is 0.300. The number of hydrogen-bond acceptors (Lipinski definition) is 2. The van der Waals surface area contributed by atoms with E-state index in [1.165, 1.54) is 0 Å². The highest BCUT2D eigenvalue weighted by atomic mass is 35.5. The van der Waals surface area contributed by atoms with Crippen molar-refractivity contribution in [3.8, 4) is 0 Å². The van der Waals surface area contributed by atoms with Crippen molar-refractivity contribution >= 4 is 29.1 Å². The molecule has 1 aromatic carbocycles. The first-order valence-corrected chi connectivity index (χ1v) is 5.27. The fourth-order valence-electron chi connectivity index (χ4n) is 1.13. The monoisotopic (exact) mass is 245 g/mol. The Morgan fingerprint density at radius 1 is 1.47 bits per heavy atom. The first-order chi connectivity index (χ1) is 7.16. The number of benzene rings is 1. The maximum Gasteiger partial charge on any atom is 0.251 e. The molecule has 0 aromatic heterocycles. The molecule has 1 amide bonds. The lowest BCUT2D eigenvalue weighted by Crippen LogP contribution is -2.27. The highest BCUT2D eigenvalue weighted by Crippen LogP contribution is 2.22. The Morgan fingerprint density at radius 3 is 2.80 bits per heavy atom. The van der Waals surface area contributed by atoms with Crippen molar-refractivity contribution in [1.82, 2.24) is 5.32 Å². The summed E-state index contributed by atoms with van der Waals surface area (Å²) in [4.78, 5) is 11.6. The van der Waals surface area contributed by atoms with Crippen LogP contribution in [-0.2, 0) is 4.74 Å². The Kier molecular flexibility index (Phi) is 3.14. The first-order valence-electron chi connectivity index (χ1n) is 4.51. The van der Waals surface area contributed by atoms with E-state index in [0.717, 1.165) is 6.61 Å². The van der Waals surface area contributed by atoms with E-state index in [2.05, 4.69) is 5.32 Å². The number of amides is 1. The molecule has 0 saturated carbocycles. The van der Waals surface area contributed by atoms with Gasteiger partial charge in [0.05, 0.1) is 22.8 Å². The standard InChI is InChI=1S/C10H9Cl2NO2/c11-8-2-1-6(3-9(8)12)10(14)13-4-7-5-15-7/h1-3,7H,4-5H2,(H,13,14)/t7-/m1/s1. The second-order valence-electron chi connectivity index (χ2n) is 3.29. The van der Waals surface area contributed by atoms with Gasteiger partial charge in [-0.25, -0.2) is 0 Å². The van der Waals surface area contributed by atoms with Gasteiger partial charge in [-0.3, -0.25) is 4.79 Å². The summed E-state index contributed by atoms with van der Waals surface area (Å²) in [6.07, 6.45) is 0.178. The number of epoxide rings is 1. The smallest absolute Gasteiger partial charge is 0.251 e. The molecule has 1 atom stereocenters. The molecule has 1 N–H and O–H groups in total. The van der Waals surface area contributed by atoms with Crippen LogP contribution in [0.4, 0.5) is 0 Å². The van der Waals surface area contributed by atoms with E-state index in [-0.39, 0.29) is 12.0 Å². The van der Waals surface area contributed by atoms with Crippen LogP contribution in [0.25, 0.3) is 0 Å². The topological polar surface area (TPSA) is 41.6 Å². The zero-order valence-corrected chi connectivity index (χ0v) is 9.31. The number of ether oxygens (including phenoxy) is 1. The van der Waals surface area contributed by atoms with Gasteiger partial charge < -0.3 is 10.1 Å². The van der Waals surface area contributed by atoms with Gasteiger partial charge in [-0.05, 0) is 18.2 Å². The van der Waals surface area contributed by atoms with E-state index < -0.39 is 0 Å². The van der Waals surface area contributed by atoms with Gasteiger partial charge in [0.2, 0.25) is 0 Å². The zero-order valence-electron chi connectivity index (χ0n) is 7.80. The summed E-state index contributed by atoms with van der Waals surface area (Å²) < 4.78 is 4.98. The molecule has 80 valence electrons. The summed E-state index contributed by atoms with van der Waals surface area (Å²) in [6.45, 7) is 1.26. The molecule has 5 heteroatoms. The van der Waals surface area contributed by atoms with Crippen LogP contribution < -0.4 is 5.32 Å². The summed E-state index contributed by atoms with van der Waals surface area (Å²) in [5.41, 5.74) is 0.505. The molecule has 0 bridgehead atoms. The van der Waals surface area contributed by atoms with Crippen LogP contribution >= 0.6 is 23.2 Å². The Balaban J connectivity index is 2.00. The van der Waals surface area contributed by atoms with E-state index in [1.54, 1.807) is 18.2 Å². The molecule has 15 heavy (non-hydrogen) atoms. The minimum absolute atomic E-state index is 0.163. The van der Waals surface area contributed by atoms with Crippen LogP contribution in [0.1, 0.15) is 10.4 Å². The molecule has 3 nitrogen and oxygen atoms in total. The number of rotatable bonds is 3. The normalized spacial score (nSPS) is 18.7. The van der Waals surface area contributed by atoms with E-state index in [0.29, 0.717) is 22.2 Å². The van der Waals surface area contributed by atoms with Gasteiger partial charge in [0.15, 0.2) is 0 Å². The maximum atomic E-state index is 11.6. The molecule has 1 aliphatic heterocycles. The molecule has 0 unspecified atom stereocenters. The second-order valence-corrected chi connectivity index (χ2v) is 4.11. The Labute approximate surface area is 97.3 Å². The van der Waals surface area contributed by atoms with E-state index >= 15 is 0 Å². The van der Waals surface area contributed by atoms with Gasteiger partial charge in [-0.15, -0.1) is 0 Å².